The Labute approximate surface area is 144 Å². The Bertz CT molecular complexity index is 1100. The van der Waals surface area contributed by atoms with Crippen molar-refractivity contribution in [1.29, 1.82) is 0 Å². The number of carbonyl (C=O) groups is 1. The van der Waals surface area contributed by atoms with Crippen molar-refractivity contribution in [3.05, 3.63) is 59.8 Å². The monoisotopic (exact) mass is 369 g/mol. The molecule has 0 spiro atoms. The lowest BCUT2D eigenvalue weighted by atomic mass is 10.2. The average Bonchev–Trinajstić information content (AvgIpc) is 2.85. The molecule has 0 atom stereocenters. The lowest BCUT2D eigenvalue weighted by molar-refractivity contribution is 0.101. The number of aryl methyl sites for hydroxylation is 1. The summed E-state index contributed by atoms with van der Waals surface area (Å²) in [5.74, 6) is -2.05. The van der Waals surface area contributed by atoms with E-state index in [0.29, 0.717) is 5.69 Å². The van der Waals surface area contributed by atoms with E-state index in [0.717, 1.165) is 12.1 Å². The zero-order valence-electron chi connectivity index (χ0n) is 13.0. The minimum absolute atomic E-state index is 0. The van der Waals surface area contributed by atoms with Gasteiger partial charge in [0, 0.05) is 27.0 Å². The van der Waals surface area contributed by atoms with Gasteiger partial charge in [0.2, 0.25) is 10.0 Å². The number of nitrogens with one attached hydrogen (secondary N) is 1. The molecule has 0 aliphatic rings. The number of hydrogen-bond acceptors (Lipinski definition) is 3. The third-order valence-corrected chi connectivity index (χ3v) is 4.68. The molecule has 3 N–H and O–H groups in total. The summed E-state index contributed by atoms with van der Waals surface area (Å²) in [7, 11) is -2.31. The molecule has 0 radical (unpaired) electrons. The molecule has 6 nitrogen and oxygen atoms in total. The molecule has 1 heterocycles. The predicted octanol–water partition coefficient (Wildman–Crippen LogP) is 2.85. The van der Waals surface area contributed by atoms with Gasteiger partial charge in [-0.05, 0) is 36.4 Å². The Morgan fingerprint density at radius 1 is 1.16 bits per heavy atom. The highest BCUT2D eigenvalue weighted by atomic mass is 32.2. The number of nitrogens with zero attached hydrogens (tertiary/aromatic N) is 1. The largest absolute Gasteiger partial charge is 0.339 e. The van der Waals surface area contributed by atoms with Crippen molar-refractivity contribution < 1.29 is 24.8 Å². The van der Waals surface area contributed by atoms with Crippen LogP contribution in [0.15, 0.2) is 47.4 Å². The highest BCUT2D eigenvalue weighted by molar-refractivity contribution is 7.89. The third-order valence-electron chi connectivity index (χ3n) is 3.75. The Morgan fingerprint density at radius 2 is 1.80 bits per heavy atom. The second-order valence-corrected chi connectivity index (χ2v) is 6.99. The normalized spacial score (nSPS) is 11.7. The second-order valence-electron chi connectivity index (χ2n) is 5.43. The number of benzene rings is 2. The van der Waals surface area contributed by atoms with Crippen LogP contribution in [0.2, 0.25) is 0 Å². The fourth-order valence-electron chi connectivity index (χ4n) is 2.50. The lowest BCUT2D eigenvalue weighted by Gasteiger charge is -2.07. The summed E-state index contributed by atoms with van der Waals surface area (Å²) in [6.45, 7) is 0. The molecular formula is C16H17F2N3O3S. The van der Waals surface area contributed by atoms with Gasteiger partial charge in [0.25, 0.3) is 5.91 Å². The molecule has 9 heteroatoms. The molecule has 0 bridgehead atoms. The molecule has 25 heavy (non-hydrogen) atoms. The summed E-state index contributed by atoms with van der Waals surface area (Å²) in [5.41, 5.74) is 0.691. The summed E-state index contributed by atoms with van der Waals surface area (Å²) in [6.07, 6.45) is 0. The molecule has 0 aliphatic heterocycles. The van der Waals surface area contributed by atoms with Gasteiger partial charge < -0.3 is 9.88 Å². The fourth-order valence-corrected chi connectivity index (χ4v) is 3.01. The average molecular weight is 369 g/mol. The molecule has 0 saturated heterocycles. The Balaban J connectivity index is 0.00000182. The van der Waals surface area contributed by atoms with Gasteiger partial charge in [-0.1, -0.05) is 0 Å². The number of hydrogen-bond donors (Lipinski definition) is 2. The maximum absolute atomic E-state index is 13.8. The number of anilines is 1. The van der Waals surface area contributed by atoms with Crippen LogP contribution >= 0.6 is 0 Å². The van der Waals surface area contributed by atoms with Crippen LogP contribution in [-0.4, -0.2) is 18.9 Å². The first-order valence-corrected chi connectivity index (χ1v) is 8.60. The minimum Gasteiger partial charge on any atom is -0.339 e. The van der Waals surface area contributed by atoms with Crippen LogP contribution in [0.1, 0.15) is 13.3 Å². The number of sulfonamides is 1. The van der Waals surface area contributed by atoms with Gasteiger partial charge in [0.1, 0.15) is 17.3 Å². The maximum atomic E-state index is 13.8. The van der Waals surface area contributed by atoms with E-state index in [1.807, 2.05) is 0 Å². The van der Waals surface area contributed by atoms with Gasteiger partial charge in [0.05, 0.1) is 10.4 Å². The minimum atomic E-state index is -3.83. The summed E-state index contributed by atoms with van der Waals surface area (Å²) >= 11 is 0. The van der Waals surface area contributed by atoms with Gasteiger partial charge >= 0.3 is 0 Å². The molecule has 0 saturated carbocycles. The maximum Gasteiger partial charge on any atom is 0.272 e. The first-order valence-electron chi connectivity index (χ1n) is 7.05. The summed E-state index contributed by atoms with van der Waals surface area (Å²) in [4.78, 5) is 12.3. The summed E-state index contributed by atoms with van der Waals surface area (Å²) in [5, 5.41) is 7.69. The van der Waals surface area contributed by atoms with E-state index in [2.05, 4.69) is 5.32 Å². The van der Waals surface area contributed by atoms with Gasteiger partial charge in [-0.3, -0.25) is 4.79 Å². The number of aromatic nitrogens is 1. The van der Waals surface area contributed by atoms with E-state index >= 15 is 0 Å². The zero-order chi connectivity index (χ0) is 18.4. The van der Waals surface area contributed by atoms with Crippen LogP contribution in [0.3, 0.4) is 0 Å². The molecule has 134 valence electrons. The smallest absolute Gasteiger partial charge is 0.272 e. The van der Waals surface area contributed by atoms with Crippen LogP contribution in [0.25, 0.3) is 10.9 Å². The standard InChI is InChI=1S/C16H13F2N3O3S.2H2/c1-21-14-7-9(17)6-13(18)12(14)8-15(21)16(22)20-10-2-4-11(5-3-10)25(19,23)24;;/h2-8H,1H3,(H,20,22)(H2,19,23,24);2*1H. The van der Waals surface area contributed by atoms with Crippen molar-refractivity contribution in [2.75, 3.05) is 5.32 Å². The number of primary sulfonamides is 1. The molecule has 2 aromatic carbocycles. The van der Waals surface area contributed by atoms with Gasteiger partial charge in [-0.2, -0.15) is 0 Å². The first-order chi connectivity index (χ1) is 11.7. The summed E-state index contributed by atoms with van der Waals surface area (Å²) < 4.78 is 51.0. The number of carbonyl (C=O) groups excluding carboxylic acids is 1. The number of nitrogens with two attached hydrogens (primary N) is 1. The topological polar surface area (TPSA) is 94.2 Å². The number of amides is 1. The van der Waals surface area contributed by atoms with Crippen molar-refractivity contribution >= 4 is 32.5 Å². The van der Waals surface area contributed by atoms with Crippen LogP contribution in [0.5, 0.6) is 0 Å². The molecule has 3 aromatic rings. The van der Waals surface area contributed by atoms with E-state index in [1.165, 1.54) is 41.9 Å². The van der Waals surface area contributed by atoms with E-state index in [9.17, 15) is 22.0 Å². The highest BCUT2D eigenvalue weighted by Gasteiger charge is 2.17. The van der Waals surface area contributed by atoms with Crippen molar-refractivity contribution in [2.45, 2.75) is 4.90 Å². The zero-order valence-corrected chi connectivity index (χ0v) is 13.8. The molecule has 1 amide bonds. The lowest BCUT2D eigenvalue weighted by Crippen LogP contribution is -2.16. The SMILES string of the molecule is Cn1c(C(=O)Nc2ccc(S(N)(=O)=O)cc2)cc2c(F)cc(F)cc21.[HH].[HH]. The molecule has 0 unspecified atom stereocenters. The molecular weight excluding hydrogens is 352 g/mol. The van der Waals surface area contributed by atoms with Gasteiger partial charge in [0.15, 0.2) is 0 Å². The van der Waals surface area contributed by atoms with E-state index in [4.69, 9.17) is 5.14 Å². The van der Waals surface area contributed by atoms with Crippen molar-refractivity contribution in [3.63, 3.8) is 0 Å². The number of fused-ring (bicyclic) bond motifs is 1. The second kappa shape index (κ2) is 5.94. The molecule has 3 rings (SSSR count). The Morgan fingerprint density at radius 3 is 2.40 bits per heavy atom. The van der Waals surface area contributed by atoms with Crippen molar-refractivity contribution in [2.24, 2.45) is 12.2 Å². The van der Waals surface area contributed by atoms with Crippen LogP contribution in [-0.2, 0) is 17.1 Å². The van der Waals surface area contributed by atoms with Gasteiger partial charge in [-0.25, -0.2) is 22.3 Å². The third kappa shape index (κ3) is 3.24. The molecule has 0 fully saturated rings. The number of halogens is 2. The van der Waals surface area contributed by atoms with Gasteiger partial charge in [-0.15, -0.1) is 0 Å². The summed E-state index contributed by atoms with van der Waals surface area (Å²) in [6, 6.07) is 8.45. The predicted molar refractivity (Wildman–Crippen MR) is 92.8 cm³/mol. The van der Waals surface area contributed by atoms with E-state index in [-0.39, 0.29) is 24.3 Å². The highest BCUT2D eigenvalue weighted by Crippen LogP contribution is 2.24. The van der Waals surface area contributed by atoms with Crippen LogP contribution < -0.4 is 10.5 Å². The molecule has 0 aliphatic carbocycles. The molecule has 1 aromatic heterocycles. The quantitative estimate of drug-likeness (QED) is 0.743. The number of rotatable bonds is 3. The van der Waals surface area contributed by atoms with E-state index in [1.54, 1.807) is 0 Å². The van der Waals surface area contributed by atoms with Crippen molar-refractivity contribution in [1.82, 2.24) is 4.57 Å². The van der Waals surface area contributed by atoms with E-state index < -0.39 is 27.6 Å². The fraction of sp³-hybridized carbons (Fsp3) is 0.0625. The van der Waals surface area contributed by atoms with Crippen molar-refractivity contribution in [3.8, 4) is 0 Å². The van der Waals surface area contributed by atoms with Crippen LogP contribution in [0.4, 0.5) is 14.5 Å². The first kappa shape index (κ1) is 17.1. The Hall–Kier alpha value is -2.78. The van der Waals surface area contributed by atoms with Crippen LogP contribution in [0, 0.1) is 11.6 Å². The Kier molecular flexibility index (Phi) is 4.05.